The van der Waals surface area contributed by atoms with Gasteiger partial charge in [-0.1, -0.05) is 0 Å². The van der Waals surface area contributed by atoms with Crippen LogP contribution in [0.3, 0.4) is 0 Å². The molecule has 5 nitrogen and oxygen atoms in total. The fraction of sp³-hybridized carbons (Fsp3) is 0.600. The number of carbonyl (C=O) groups excluding carboxylic acids is 1. The van der Waals surface area contributed by atoms with Crippen molar-refractivity contribution in [2.24, 2.45) is 5.92 Å². The molecule has 126 valence electrons. The van der Waals surface area contributed by atoms with Crippen LogP contribution < -0.4 is 15.5 Å². The number of hydrogen-bond acceptors (Lipinski definition) is 4. The Morgan fingerprint density at radius 1 is 1.36 bits per heavy atom. The minimum absolute atomic E-state index is 0. The highest BCUT2D eigenvalue weighted by Gasteiger charge is 2.14. The van der Waals surface area contributed by atoms with Gasteiger partial charge in [-0.15, -0.1) is 24.8 Å². The zero-order valence-electron chi connectivity index (χ0n) is 13.2. The van der Waals surface area contributed by atoms with Gasteiger partial charge in [0.05, 0.1) is 0 Å². The Labute approximate surface area is 145 Å². The van der Waals surface area contributed by atoms with Crippen molar-refractivity contribution in [2.75, 3.05) is 37.4 Å². The van der Waals surface area contributed by atoms with E-state index < -0.39 is 0 Å². The van der Waals surface area contributed by atoms with Crippen molar-refractivity contribution in [1.82, 2.24) is 10.3 Å². The summed E-state index contributed by atoms with van der Waals surface area (Å²) >= 11 is 0. The minimum atomic E-state index is 0. The van der Waals surface area contributed by atoms with Crippen molar-refractivity contribution in [3.05, 3.63) is 18.3 Å². The summed E-state index contributed by atoms with van der Waals surface area (Å²) in [7, 11) is 3.87. The molecule has 1 saturated heterocycles. The number of halogens is 2. The van der Waals surface area contributed by atoms with E-state index in [2.05, 4.69) is 15.6 Å². The average molecular weight is 349 g/mol. The average Bonchev–Trinajstić information content (AvgIpc) is 2.46. The van der Waals surface area contributed by atoms with Gasteiger partial charge in [-0.05, 0) is 44.3 Å². The third-order valence-corrected chi connectivity index (χ3v) is 3.73. The quantitative estimate of drug-likeness (QED) is 0.858. The third-order valence-electron chi connectivity index (χ3n) is 3.73. The van der Waals surface area contributed by atoms with E-state index in [1.165, 1.54) is 12.8 Å². The largest absolute Gasteiger partial charge is 0.363 e. The summed E-state index contributed by atoms with van der Waals surface area (Å²) in [6, 6.07) is 3.72. The number of anilines is 2. The molecule has 0 spiro atoms. The second-order valence-electron chi connectivity index (χ2n) is 5.58. The highest BCUT2D eigenvalue weighted by atomic mass is 35.5. The number of nitrogens with zero attached hydrogens (tertiary/aromatic N) is 2. The second kappa shape index (κ2) is 10.6. The molecule has 1 aromatic heterocycles. The smallest absolute Gasteiger partial charge is 0.224 e. The summed E-state index contributed by atoms with van der Waals surface area (Å²) in [4.78, 5) is 18.1. The Morgan fingerprint density at radius 2 is 2.05 bits per heavy atom. The number of rotatable bonds is 5. The van der Waals surface area contributed by atoms with Crippen molar-refractivity contribution in [2.45, 2.75) is 25.7 Å². The van der Waals surface area contributed by atoms with E-state index in [9.17, 15) is 4.79 Å². The van der Waals surface area contributed by atoms with Gasteiger partial charge in [-0.2, -0.15) is 0 Å². The maximum absolute atomic E-state index is 12.0. The first-order valence-corrected chi connectivity index (χ1v) is 7.29. The van der Waals surface area contributed by atoms with Gasteiger partial charge in [0, 0.05) is 38.5 Å². The molecule has 1 fully saturated rings. The highest BCUT2D eigenvalue weighted by Crippen LogP contribution is 2.19. The van der Waals surface area contributed by atoms with E-state index in [4.69, 9.17) is 0 Å². The Morgan fingerprint density at radius 3 is 2.68 bits per heavy atom. The van der Waals surface area contributed by atoms with Gasteiger partial charge in [0.25, 0.3) is 0 Å². The van der Waals surface area contributed by atoms with Crippen LogP contribution in [-0.4, -0.2) is 38.1 Å². The first kappa shape index (κ1) is 21.0. The first-order valence-electron chi connectivity index (χ1n) is 7.29. The van der Waals surface area contributed by atoms with Crippen molar-refractivity contribution in [3.63, 3.8) is 0 Å². The molecule has 0 aliphatic carbocycles. The predicted octanol–water partition coefficient (Wildman–Crippen LogP) is 2.71. The number of amides is 1. The zero-order valence-corrected chi connectivity index (χ0v) is 14.8. The van der Waals surface area contributed by atoms with E-state index in [-0.39, 0.29) is 30.7 Å². The van der Waals surface area contributed by atoms with E-state index >= 15 is 0 Å². The summed E-state index contributed by atoms with van der Waals surface area (Å²) < 4.78 is 0. The molecule has 1 aliphatic rings. The first-order chi connectivity index (χ1) is 9.65. The summed E-state index contributed by atoms with van der Waals surface area (Å²) in [6.45, 7) is 2.17. The monoisotopic (exact) mass is 348 g/mol. The Kier molecular flexibility index (Phi) is 10.1. The van der Waals surface area contributed by atoms with Crippen LogP contribution in [0.25, 0.3) is 0 Å². The summed E-state index contributed by atoms with van der Waals surface area (Å²) in [5, 5.41) is 6.30. The molecule has 1 aromatic rings. The van der Waals surface area contributed by atoms with Crippen LogP contribution in [-0.2, 0) is 4.79 Å². The molecule has 0 bridgehead atoms. The van der Waals surface area contributed by atoms with Crippen LogP contribution in [0.5, 0.6) is 0 Å². The molecule has 1 amide bonds. The number of piperidine rings is 1. The molecule has 0 radical (unpaired) electrons. The minimum Gasteiger partial charge on any atom is -0.363 e. The van der Waals surface area contributed by atoms with E-state index in [1.54, 1.807) is 6.20 Å². The van der Waals surface area contributed by atoms with Crippen LogP contribution in [0.1, 0.15) is 25.7 Å². The Hall–Kier alpha value is -1.04. The van der Waals surface area contributed by atoms with Crippen LogP contribution in [0.15, 0.2) is 18.3 Å². The summed E-state index contributed by atoms with van der Waals surface area (Å²) in [5.41, 5.74) is 0.819. The third kappa shape index (κ3) is 6.81. The number of pyridine rings is 1. The van der Waals surface area contributed by atoms with Crippen molar-refractivity contribution in [3.8, 4) is 0 Å². The number of carbonyl (C=O) groups is 1. The molecule has 7 heteroatoms. The SMILES string of the molecule is CN(C)c1cc(NC(=O)CCC2CCNCC2)ccn1.Cl.Cl. The number of nitrogens with one attached hydrogen (secondary N) is 2. The van der Waals surface area contributed by atoms with Gasteiger partial charge >= 0.3 is 0 Å². The lowest BCUT2D eigenvalue weighted by atomic mass is 9.93. The maximum Gasteiger partial charge on any atom is 0.224 e. The van der Waals surface area contributed by atoms with Gasteiger partial charge in [0.2, 0.25) is 5.91 Å². The fourth-order valence-electron chi connectivity index (χ4n) is 2.47. The molecule has 1 aliphatic heterocycles. The molecular formula is C15H26Cl2N4O. The van der Waals surface area contributed by atoms with Gasteiger partial charge in [-0.3, -0.25) is 4.79 Å². The van der Waals surface area contributed by atoms with Crippen molar-refractivity contribution < 1.29 is 4.79 Å². The summed E-state index contributed by atoms with van der Waals surface area (Å²) in [5.74, 6) is 1.64. The molecule has 0 unspecified atom stereocenters. The highest BCUT2D eigenvalue weighted by molar-refractivity contribution is 5.91. The standard InChI is InChI=1S/C15H24N4O.2ClH/c1-19(2)14-11-13(7-10-17-14)18-15(20)4-3-12-5-8-16-9-6-12;;/h7,10-12,16H,3-6,8-9H2,1-2H3,(H,17,18,20);2*1H. The van der Waals surface area contributed by atoms with Crippen LogP contribution in [0, 0.1) is 5.92 Å². The maximum atomic E-state index is 12.0. The molecule has 2 N–H and O–H groups in total. The lowest BCUT2D eigenvalue weighted by Crippen LogP contribution is -2.28. The van der Waals surface area contributed by atoms with E-state index in [0.29, 0.717) is 12.3 Å². The molecule has 0 saturated carbocycles. The van der Waals surface area contributed by atoms with Crippen LogP contribution in [0.4, 0.5) is 11.5 Å². The van der Waals surface area contributed by atoms with Gasteiger partial charge < -0.3 is 15.5 Å². The summed E-state index contributed by atoms with van der Waals surface area (Å²) in [6.07, 6.45) is 5.68. The van der Waals surface area contributed by atoms with E-state index in [0.717, 1.165) is 31.0 Å². The van der Waals surface area contributed by atoms with Gasteiger partial charge in [-0.25, -0.2) is 4.98 Å². The van der Waals surface area contributed by atoms with E-state index in [1.807, 2.05) is 31.1 Å². The van der Waals surface area contributed by atoms with Crippen LogP contribution >= 0.6 is 24.8 Å². The fourth-order valence-corrected chi connectivity index (χ4v) is 2.47. The topological polar surface area (TPSA) is 57.3 Å². The predicted molar refractivity (Wildman–Crippen MR) is 96.5 cm³/mol. The second-order valence-corrected chi connectivity index (χ2v) is 5.58. The number of hydrogen-bond donors (Lipinski definition) is 2. The lowest BCUT2D eigenvalue weighted by Gasteiger charge is -2.22. The molecule has 2 rings (SSSR count). The molecule has 0 atom stereocenters. The van der Waals surface area contributed by atoms with Gasteiger partial charge in [0.15, 0.2) is 0 Å². The number of aromatic nitrogens is 1. The van der Waals surface area contributed by atoms with Crippen LogP contribution in [0.2, 0.25) is 0 Å². The Bertz CT molecular complexity index is 451. The van der Waals surface area contributed by atoms with Gasteiger partial charge in [0.1, 0.15) is 5.82 Å². The molecule has 22 heavy (non-hydrogen) atoms. The van der Waals surface area contributed by atoms with Crippen molar-refractivity contribution >= 4 is 42.2 Å². The Balaban J connectivity index is 0.00000220. The molecule has 0 aromatic carbocycles. The molecular weight excluding hydrogens is 323 g/mol. The van der Waals surface area contributed by atoms with Crippen molar-refractivity contribution in [1.29, 1.82) is 0 Å². The zero-order chi connectivity index (χ0) is 14.4. The normalized spacial score (nSPS) is 14.5. The lowest BCUT2D eigenvalue weighted by molar-refractivity contribution is -0.116. The molecule has 2 heterocycles.